The maximum atomic E-state index is 13.6. The van der Waals surface area contributed by atoms with Crippen LogP contribution < -0.4 is 5.32 Å². The highest BCUT2D eigenvalue weighted by Crippen LogP contribution is 2.40. The number of piperidine rings is 1. The number of nitrogens with one attached hydrogen (secondary N) is 1. The van der Waals surface area contributed by atoms with Crippen molar-refractivity contribution >= 4 is 11.9 Å². The van der Waals surface area contributed by atoms with Gasteiger partial charge in [-0.25, -0.2) is 8.78 Å². The van der Waals surface area contributed by atoms with E-state index in [0.717, 1.165) is 19.3 Å². The number of carbonyl (C=O) groups is 2. The molecule has 0 aromatic carbocycles. The lowest BCUT2D eigenvalue weighted by Crippen LogP contribution is -2.50. The fourth-order valence-corrected chi connectivity index (χ4v) is 4.67. The number of hydrogen-bond donors (Lipinski definition) is 3. The molecule has 6 nitrogen and oxygen atoms in total. The van der Waals surface area contributed by atoms with Crippen LogP contribution in [0.1, 0.15) is 32.1 Å². The lowest BCUT2D eigenvalue weighted by Gasteiger charge is -2.42. The number of nitrogens with zero attached hydrogens (tertiary/aromatic N) is 1. The number of carboxylic acids is 2. The molecule has 3 aliphatic rings. The van der Waals surface area contributed by atoms with Gasteiger partial charge in [-0.2, -0.15) is 0 Å². The summed E-state index contributed by atoms with van der Waals surface area (Å²) in [4.78, 5) is 23.8. The first-order chi connectivity index (χ1) is 11.2. The van der Waals surface area contributed by atoms with Gasteiger partial charge < -0.3 is 15.5 Å². The summed E-state index contributed by atoms with van der Waals surface area (Å²) < 4.78 is 27.2. The Morgan fingerprint density at radius 3 is 2.54 bits per heavy atom. The SMILES string of the molecule is O=C(O)C1CC2CC(CN3CC(F)(F)CC3C(=O)O)CCC2CN1. The topological polar surface area (TPSA) is 89.9 Å². The Labute approximate surface area is 139 Å². The molecule has 0 radical (unpaired) electrons. The van der Waals surface area contributed by atoms with Crippen LogP contribution in [0.2, 0.25) is 0 Å². The molecule has 8 heteroatoms. The summed E-state index contributed by atoms with van der Waals surface area (Å²) in [6, 6.07) is -1.65. The van der Waals surface area contributed by atoms with Crippen LogP contribution in [0.5, 0.6) is 0 Å². The Morgan fingerprint density at radius 2 is 1.88 bits per heavy atom. The highest BCUT2D eigenvalue weighted by Gasteiger charge is 2.49. The largest absolute Gasteiger partial charge is 0.480 e. The Hall–Kier alpha value is -1.28. The second-order valence-electron chi connectivity index (χ2n) is 7.58. The number of aliphatic carboxylic acids is 2. The first kappa shape index (κ1) is 17.5. The molecule has 0 bridgehead atoms. The van der Waals surface area contributed by atoms with E-state index in [-0.39, 0.29) is 11.8 Å². The third-order valence-corrected chi connectivity index (χ3v) is 5.86. The molecule has 5 unspecified atom stereocenters. The molecule has 2 saturated heterocycles. The molecule has 3 N–H and O–H groups in total. The zero-order valence-electron chi connectivity index (χ0n) is 13.5. The van der Waals surface area contributed by atoms with Crippen LogP contribution in [0.4, 0.5) is 8.78 Å². The third-order valence-electron chi connectivity index (χ3n) is 5.86. The maximum Gasteiger partial charge on any atom is 0.321 e. The molecule has 0 aromatic heterocycles. The van der Waals surface area contributed by atoms with E-state index in [1.165, 1.54) is 4.90 Å². The van der Waals surface area contributed by atoms with Crippen molar-refractivity contribution in [2.75, 3.05) is 19.6 Å². The van der Waals surface area contributed by atoms with Crippen molar-refractivity contribution in [2.45, 2.75) is 50.1 Å². The number of likely N-dealkylation sites (tertiary alicyclic amines) is 1. The van der Waals surface area contributed by atoms with Crippen molar-refractivity contribution in [3.8, 4) is 0 Å². The summed E-state index contributed by atoms with van der Waals surface area (Å²) in [7, 11) is 0. The molecule has 5 atom stereocenters. The van der Waals surface area contributed by atoms with Crippen molar-refractivity contribution < 1.29 is 28.6 Å². The van der Waals surface area contributed by atoms with Gasteiger partial charge in [0.1, 0.15) is 12.1 Å². The van der Waals surface area contributed by atoms with Crippen molar-refractivity contribution in [3.05, 3.63) is 0 Å². The lowest BCUT2D eigenvalue weighted by atomic mass is 9.69. The third kappa shape index (κ3) is 3.69. The monoisotopic (exact) mass is 346 g/mol. The lowest BCUT2D eigenvalue weighted by molar-refractivity contribution is -0.143. The summed E-state index contributed by atoms with van der Waals surface area (Å²) in [5, 5.41) is 21.4. The zero-order valence-corrected chi connectivity index (χ0v) is 13.5. The minimum Gasteiger partial charge on any atom is -0.480 e. The van der Waals surface area contributed by atoms with E-state index < -0.39 is 42.9 Å². The van der Waals surface area contributed by atoms with Crippen molar-refractivity contribution in [1.29, 1.82) is 0 Å². The summed E-state index contributed by atoms with van der Waals surface area (Å²) >= 11 is 0. The molecule has 0 spiro atoms. The van der Waals surface area contributed by atoms with E-state index >= 15 is 0 Å². The standard InChI is InChI=1S/C16H24F2N2O4/c17-16(18)5-13(15(23)24)20(8-16)7-9-1-2-10-6-19-12(14(21)22)4-11(10)3-9/h9-13,19H,1-8H2,(H,21,22)(H,23,24). The zero-order chi connectivity index (χ0) is 17.5. The van der Waals surface area contributed by atoms with Crippen LogP contribution in [-0.2, 0) is 9.59 Å². The van der Waals surface area contributed by atoms with E-state index in [4.69, 9.17) is 5.11 Å². The van der Waals surface area contributed by atoms with Gasteiger partial charge in [-0.3, -0.25) is 14.5 Å². The van der Waals surface area contributed by atoms with Gasteiger partial charge in [0, 0.05) is 13.0 Å². The molecule has 136 valence electrons. The first-order valence-electron chi connectivity index (χ1n) is 8.56. The highest BCUT2D eigenvalue weighted by molar-refractivity contribution is 5.74. The van der Waals surface area contributed by atoms with E-state index in [9.17, 15) is 23.5 Å². The minimum atomic E-state index is -2.94. The normalized spacial score (nSPS) is 39.3. The number of hydrogen-bond acceptors (Lipinski definition) is 4. The van der Waals surface area contributed by atoms with Gasteiger partial charge in [-0.05, 0) is 50.0 Å². The Morgan fingerprint density at radius 1 is 1.12 bits per heavy atom. The van der Waals surface area contributed by atoms with Gasteiger partial charge >= 0.3 is 11.9 Å². The van der Waals surface area contributed by atoms with Crippen LogP contribution in [-0.4, -0.2) is 64.7 Å². The molecule has 2 heterocycles. The van der Waals surface area contributed by atoms with E-state index in [1.54, 1.807) is 0 Å². The van der Waals surface area contributed by atoms with Gasteiger partial charge in [0.25, 0.3) is 5.92 Å². The van der Waals surface area contributed by atoms with E-state index in [2.05, 4.69) is 5.32 Å². The van der Waals surface area contributed by atoms with Crippen LogP contribution in [0, 0.1) is 17.8 Å². The maximum absolute atomic E-state index is 13.6. The van der Waals surface area contributed by atoms with Crippen molar-refractivity contribution in [1.82, 2.24) is 10.2 Å². The Balaban J connectivity index is 1.60. The number of alkyl halides is 2. The van der Waals surface area contributed by atoms with Gasteiger partial charge in [0.05, 0.1) is 6.54 Å². The second-order valence-corrected chi connectivity index (χ2v) is 7.58. The summed E-state index contributed by atoms with van der Waals surface area (Å²) in [6.07, 6.45) is 2.57. The Kier molecular flexibility index (Phi) is 4.79. The quantitative estimate of drug-likeness (QED) is 0.710. The molecule has 1 saturated carbocycles. The van der Waals surface area contributed by atoms with Crippen molar-refractivity contribution in [2.24, 2.45) is 17.8 Å². The summed E-state index contributed by atoms with van der Waals surface area (Å²) in [6.45, 7) is 0.558. The molecule has 1 aliphatic carbocycles. The molecule has 0 aromatic rings. The number of rotatable bonds is 4. The van der Waals surface area contributed by atoms with Gasteiger partial charge in [0.2, 0.25) is 0 Å². The molecule has 3 fully saturated rings. The molecule has 3 rings (SSSR count). The molecule has 0 amide bonds. The van der Waals surface area contributed by atoms with Crippen LogP contribution >= 0.6 is 0 Å². The summed E-state index contributed by atoms with van der Waals surface area (Å²) in [5.74, 6) is -4.10. The Bertz CT molecular complexity index is 516. The van der Waals surface area contributed by atoms with Gasteiger partial charge in [-0.15, -0.1) is 0 Å². The average molecular weight is 346 g/mol. The predicted octanol–water partition coefficient (Wildman–Crippen LogP) is 1.26. The fraction of sp³-hybridized carbons (Fsp3) is 0.875. The molecule has 2 aliphatic heterocycles. The summed E-state index contributed by atoms with van der Waals surface area (Å²) in [5.41, 5.74) is 0. The molecule has 24 heavy (non-hydrogen) atoms. The molecular weight excluding hydrogens is 322 g/mol. The van der Waals surface area contributed by atoms with Crippen molar-refractivity contribution in [3.63, 3.8) is 0 Å². The smallest absolute Gasteiger partial charge is 0.321 e. The number of carboxylic acid groups (broad SMARTS) is 2. The highest BCUT2D eigenvalue weighted by atomic mass is 19.3. The molecular formula is C16H24F2N2O4. The fourth-order valence-electron chi connectivity index (χ4n) is 4.67. The second kappa shape index (κ2) is 6.55. The predicted molar refractivity (Wildman–Crippen MR) is 80.9 cm³/mol. The van der Waals surface area contributed by atoms with E-state index in [0.29, 0.717) is 25.4 Å². The van der Waals surface area contributed by atoms with Crippen LogP contribution in [0.25, 0.3) is 0 Å². The van der Waals surface area contributed by atoms with E-state index in [1.807, 2.05) is 0 Å². The first-order valence-corrected chi connectivity index (χ1v) is 8.56. The van der Waals surface area contributed by atoms with Gasteiger partial charge in [0.15, 0.2) is 0 Å². The minimum absolute atomic E-state index is 0.162. The van der Waals surface area contributed by atoms with Crippen LogP contribution in [0.15, 0.2) is 0 Å². The number of fused-ring (bicyclic) bond motifs is 1. The van der Waals surface area contributed by atoms with Crippen LogP contribution in [0.3, 0.4) is 0 Å². The number of halogens is 2. The average Bonchev–Trinajstić information content (AvgIpc) is 2.81. The van der Waals surface area contributed by atoms with Gasteiger partial charge in [-0.1, -0.05) is 0 Å².